The molecular weight excluding hydrogens is 313 g/mol. The van der Waals surface area contributed by atoms with Crippen molar-refractivity contribution in [2.45, 2.75) is 19.2 Å². The lowest BCUT2D eigenvalue weighted by Gasteiger charge is -2.12. The Balaban J connectivity index is 2.59. The van der Waals surface area contributed by atoms with Crippen LogP contribution in [-0.4, -0.2) is 13.0 Å². The maximum atomic E-state index is 12.0. The van der Waals surface area contributed by atoms with E-state index in [0.717, 1.165) is 12.8 Å². The number of hydrogen-bond donors (Lipinski definition) is 0. The minimum Gasteiger partial charge on any atom is -0.494 e. The van der Waals surface area contributed by atoms with Gasteiger partial charge in [-0.15, -0.1) is 19.8 Å². The van der Waals surface area contributed by atoms with Gasteiger partial charge in [-0.05, 0) is 47.0 Å². The van der Waals surface area contributed by atoms with Gasteiger partial charge >= 0.3 is 6.36 Å². The number of hydrogen-bond acceptors (Lipinski definition) is 2. The first-order chi connectivity index (χ1) is 8.42. The summed E-state index contributed by atoms with van der Waals surface area (Å²) in [5.41, 5.74) is 0. The van der Waals surface area contributed by atoms with Crippen LogP contribution in [0.1, 0.15) is 12.8 Å². The number of benzene rings is 1. The molecule has 0 aliphatic heterocycles. The van der Waals surface area contributed by atoms with Crippen LogP contribution in [0.3, 0.4) is 0 Å². The molecule has 0 saturated heterocycles. The van der Waals surface area contributed by atoms with E-state index in [2.05, 4.69) is 27.2 Å². The lowest BCUT2D eigenvalue weighted by atomic mass is 10.3. The summed E-state index contributed by atoms with van der Waals surface area (Å²) >= 11 is 3.00. The molecule has 0 amide bonds. The molecule has 0 radical (unpaired) electrons. The predicted octanol–water partition coefficient (Wildman–Crippen LogP) is 4.69. The zero-order chi connectivity index (χ0) is 13.6. The lowest BCUT2D eigenvalue weighted by Crippen LogP contribution is -2.17. The van der Waals surface area contributed by atoms with Crippen molar-refractivity contribution in [2.24, 2.45) is 0 Å². The highest BCUT2D eigenvalue weighted by Crippen LogP contribution is 2.33. The quantitative estimate of drug-likeness (QED) is 0.558. The molecule has 6 heteroatoms. The second-order valence-electron chi connectivity index (χ2n) is 3.42. The van der Waals surface area contributed by atoms with Crippen molar-refractivity contribution in [1.82, 2.24) is 0 Å². The van der Waals surface area contributed by atoms with E-state index in [1.807, 2.05) is 0 Å². The summed E-state index contributed by atoms with van der Waals surface area (Å²) in [6.07, 6.45) is -1.28. The second kappa shape index (κ2) is 6.68. The Morgan fingerprint density at radius 2 is 2.06 bits per heavy atom. The van der Waals surface area contributed by atoms with Crippen molar-refractivity contribution in [3.63, 3.8) is 0 Å². The first-order valence-electron chi connectivity index (χ1n) is 5.21. The molecule has 0 atom stereocenters. The minimum atomic E-state index is -4.70. The molecule has 0 saturated carbocycles. The van der Waals surface area contributed by atoms with Crippen LogP contribution in [-0.2, 0) is 0 Å². The van der Waals surface area contributed by atoms with Crippen molar-refractivity contribution >= 4 is 15.9 Å². The third-order valence-corrected chi connectivity index (χ3v) is 2.57. The monoisotopic (exact) mass is 324 g/mol. The molecule has 1 aromatic carbocycles. The van der Waals surface area contributed by atoms with E-state index in [9.17, 15) is 13.2 Å². The van der Waals surface area contributed by atoms with Gasteiger partial charge in [-0.3, -0.25) is 0 Å². The molecule has 0 bridgehead atoms. The van der Waals surface area contributed by atoms with E-state index in [0.29, 0.717) is 12.4 Å². The van der Waals surface area contributed by atoms with Crippen LogP contribution >= 0.6 is 15.9 Å². The van der Waals surface area contributed by atoms with E-state index in [1.54, 1.807) is 6.08 Å². The number of rotatable bonds is 6. The van der Waals surface area contributed by atoms with Crippen LogP contribution in [0.25, 0.3) is 0 Å². The zero-order valence-corrected chi connectivity index (χ0v) is 11.1. The summed E-state index contributed by atoms with van der Waals surface area (Å²) in [4.78, 5) is 0. The normalized spacial score (nSPS) is 11.1. The minimum absolute atomic E-state index is 0.195. The molecule has 2 nitrogen and oxygen atoms in total. The highest BCUT2D eigenvalue weighted by Gasteiger charge is 2.31. The van der Waals surface area contributed by atoms with Crippen molar-refractivity contribution < 1.29 is 22.6 Å². The Kier molecular flexibility index (Phi) is 5.53. The Morgan fingerprint density at radius 1 is 1.33 bits per heavy atom. The zero-order valence-electron chi connectivity index (χ0n) is 9.47. The van der Waals surface area contributed by atoms with Crippen molar-refractivity contribution in [3.05, 3.63) is 35.3 Å². The molecule has 1 rings (SSSR count). The molecule has 0 unspecified atom stereocenters. The highest BCUT2D eigenvalue weighted by molar-refractivity contribution is 9.10. The van der Waals surface area contributed by atoms with Crippen LogP contribution in [0.2, 0.25) is 0 Å². The summed E-state index contributed by atoms with van der Waals surface area (Å²) in [7, 11) is 0. The van der Waals surface area contributed by atoms with Gasteiger partial charge in [-0.1, -0.05) is 6.08 Å². The molecule has 0 N–H and O–H groups in total. The SMILES string of the molecule is C=CCCCOc1ccc(OC(F)(F)F)c(Br)c1. The molecule has 100 valence electrons. The second-order valence-corrected chi connectivity index (χ2v) is 4.27. The molecule has 0 spiro atoms. The van der Waals surface area contributed by atoms with Gasteiger partial charge < -0.3 is 9.47 Å². The Bertz CT molecular complexity index is 405. The predicted molar refractivity (Wildman–Crippen MR) is 65.8 cm³/mol. The molecule has 0 aliphatic rings. The smallest absolute Gasteiger partial charge is 0.494 e. The van der Waals surface area contributed by atoms with E-state index in [4.69, 9.17) is 4.74 Å². The molecule has 0 heterocycles. The maximum Gasteiger partial charge on any atom is 0.573 e. The fraction of sp³-hybridized carbons (Fsp3) is 0.333. The fourth-order valence-electron chi connectivity index (χ4n) is 1.20. The van der Waals surface area contributed by atoms with Crippen LogP contribution in [0.15, 0.2) is 35.3 Å². The van der Waals surface area contributed by atoms with Gasteiger partial charge in [0.25, 0.3) is 0 Å². The van der Waals surface area contributed by atoms with Crippen molar-refractivity contribution in [2.75, 3.05) is 6.61 Å². The largest absolute Gasteiger partial charge is 0.573 e. The van der Waals surface area contributed by atoms with Crippen molar-refractivity contribution in [1.29, 1.82) is 0 Å². The number of allylic oxidation sites excluding steroid dienone is 1. The number of ether oxygens (including phenoxy) is 2. The standard InChI is InChI=1S/C12H12BrF3O2/c1-2-3-4-7-17-9-5-6-11(10(13)8-9)18-12(14,15)16/h2,5-6,8H,1,3-4,7H2. The Labute approximate surface area is 112 Å². The number of unbranched alkanes of at least 4 members (excludes halogenated alkanes) is 1. The summed E-state index contributed by atoms with van der Waals surface area (Å²) in [6.45, 7) is 4.06. The molecular formula is C12H12BrF3O2. The Hall–Kier alpha value is -1.17. The third-order valence-electron chi connectivity index (χ3n) is 1.95. The van der Waals surface area contributed by atoms with Crippen LogP contribution < -0.4 is 9.47 Å². The summed E-state index contributed by atoms with van der Waals surface area (Å²) < 4.78 is 45.4. The van der Waals surface area contributed by atoms with E-state index >= 15 is 0 Å². The molecule has 0 aromatic heterocycles. The molecule has 1 aromatic rings. The van der Waals surface area contributed by atoms with Gasteiger partial charge in [-0.25, -0.2) is 0 Å². The van der Waals surface area contributed by atoms with E-state index in [1.165, 1.54) is 18.2 Å². The van der Waals surface area contributed by atoms with Gasteiger partial charge in [0.15, 0.2) is 0 Å². The topological polar surface area (TPSA) is 18.5 Å². The van der Waals surface area contributed by atoms with Gasteiger partial charge in [0.2, 0.25) is 0 Å². The summed E-state index contributed by atoms with van der Waals surface area (Å²) in [5.74, 6) is 0.196. The van der Waals surface area contributed by atoms with Gasteiger partial charge in [0.1, 0.15) is 11.5 Å². The third kappa shape index (κ3) is 5.44. The van der Waals surface area contributed by atoms with Gasteiger partial charge in [0.05, 0.1) is 11.1 Å². The van der Waals surface area contributed by atoms with Gasteiger partial charge in [-0.2, -0.15) is 0 Å². The first-order valence-corrected chi connectivity index (χ1v) is 6.00. The maximum absolute atomic E-state index is 12.0. The average Bonchev–Trinajstić information content (AvgIpc) is 2.26. The van der Waals surface area contributed by atoms with Crippen LogP contribution in [0, 0.1) is 0 Å². The van der Waals surface area contributed by atoms with E-state index < -0.39 is 6.36 Å². The molecule has 18 heavy (non-hydrogen) atoms. The first kappa shape index (κ1) is 14.9. The summed E-state index contributed by atoms with van der Waals surface area (Å²) in [6, 6.07) is 4.08. The number of halogens is 4. The Morgan fingerprint density at radius 3 is 2.61 bits per heavy atom. The summed E-state index contributed by atoms with van der Waals surface area (Å²) in [5, 5.41) is 0. The fourth-order valence-corrected chi connectivity index (χ4v) is 1.64. The lowest BCUT2D eigenvalue weighted by molar-refractivity contribution is -0.274. The van der Waals surface area contributed by atoms with E-state index in [-0.39, 0.29) is 10.2 Å². The number of alkyl halides is 3. The van der Waals surface area contributed by atoms with Gasteiger partial charge in [0, 0.05) is 0 Å². The molecule has 0 fully saturated rings. The van der Waals surface area contributed by atoms with Crippen LogP contribution in [0.5, 0.6) is 11.5 Å². The van der Waals surface area contributed by atoms with Crippen molar-refractivity contribution in [3.8, 4) is 11.5 Å². The highest BCUT2D eigenvalue weighted by atomic mass is 79.9. The molecule has 0 aliphatic carbocycles. The average molecular weight is 325 g/mol. The van der Waals surface area contributed by atoms with Crippen LogP contribution in [0.4, 0.5) is 13.2 Å².